The first-order valence-electron chi connectivity index (χ1n) is 14.9. The maximum atomic E-state index is 12.6. The zero-order chi connectivity index (χ0) is 29.7. The van der Waals surface area contributed by atoms with E-state index in [1.807, 2.05) is 52.0 Å². The molecule has 2 bridgehead atoms. The van der Waals surface area contributed by atoms with Crippen molar-refractivity contribution in [1.82, 2.24) is 0 Å². The van der Waals surface area contributed by atoms with Gasteiger partial charge in [0.2, 0.25) is 0 Å². The number of fused-ring (bicyclic) bond motifs is 2. The van der Waals surface area contributed by atoms with Gasteiger partial charge in [-0.05, 0) is 91.5 Å². The number of Topliss-reactive ketones (excluding diaryl/α,β-unsaturated/α-hetero) is 1. The van der Waals surface area contributed by atoms with Crippen molar-refractivity contribution < 1.29 is 19.1 Å². The Morgan fingerprint density at radius 1 is 0.700 bits per heavy atom. The zero-order valence-corrected chi connectivity index (χ0v) is 25.7. The molecule has 2 aliphatic carbocycles. The van der Waals surface area contributed by atoms with Gasteiger partial charge in [0.25, 0.3) is 0 Å². The van der Waals surface area contributed by atoms with Gasteiger partial charge >= 0.3 is 5.97 Å². The minimum atomic E-state index is -0.0351. The summed E-state index contributed by atoms with van der Waals surface area (Å²) < 4.78 is 11.0. The maximum Gasteiger partial charge on any atom is 0.314 e. The number of ketones is 1. The molecule has 4 nitrogen and oxygen atoms in total. The summed E-state index contributed by atoms with van der Waals surface area (Å²) in [5.41, 5.74) is 4.83. The van der Waals surface area contributed by atoms with E-state index in [4.69, 9.17) is 9.47 Å². The van der Waals surface area contributed by atoms with Crippen LogP contribution in [0.1, 0.15) is 91.2 Å². The van der Waals surface area contributed by atoms with Crippen LogP contribution in [0.2, 0.25) is 0 Å². The van der Waals surface area contributed by atoms with Gasteiger partial charge in [-0.2, -0.15) is 0 Å². The van der Waals surface area contributed by atoms with Crippen LogP contribution in [0, 0.1) is 17.8 Å². The Labute approximate surface area is 242 Å². The fraction of sp³-hybridized carbons (Fsp3) is 0.444. The SMILES string of the molecule is CC.CC.CC(C)=O.COc1ccc(-c2ccc(C(C)c3ccc(OC(=O)C4CC5CCC4C5)cc3)cc2)cc1. The number of esters is 1. The third-order valence-corrected chi connectivity index (χ3v) is 7.47. The standard InChI is InChI=1S/C29H30O3.C3H6O.2C2H6/c1-19(21-5-7-23(8-6-21)24-11-13-26(31-2)14-12-24)22-9-15-27(16-10-22)32-29(30)28-18-20-3-4-25(28)17-20;1-3(2)4;2*1-2/h5-16,19-20,25,28H,3-4,17-18H2,1-2H3;1-2H3;2*1-2H3. The predicted octanol–water partition coefficient (Wildman–Crippen LogP) is 9.50. The summed E-state index contributed by atoms with van der Waals surface area (Å²) in [6.07, 6.45) is 4.72. The van der Waals surface area contributed by atoms with Crippen molar-refractivity contribution in [2.24, 2.45) is 17.8 Å². The Kier molecular flexibility index (Phi) is 13.7. The van der Waals surface area contributed by atoms with Gasteiger partial charge in [-0.25, -0.2) is 0 Å². The first-order valence-corrected chi connectivity index (χ1v) is 14.9. The van der Waals surface area contributed by atoms with Crippen molar-refractivity contribution in [3.8, 4) is 22.6 Å². The lowest BCUT2D eigenvalue weighted by molar-refractivity contribution is -0.140. The Morgan fingerprint density at radius 2 is 1.15 bits per heavy atom. The Hall–Kier alpha value is -3.40. The van der Waals surface area contributed by atoms with Crippen molar-refractivity contribution in [3.63, 3.8) is 0 Å². The molecule has 2 saturated carbocycles. The first kappa shape index (κ1) is 32.8. The van der Waals surface area contributed by atoms with Crippen molar-refractivity contribution in [2.45, 2.75) is 80.1 Å². The van der Waals surface area contributed by atoms with Crippen LogP contribution in [0.25, 0.3) is 11.1 Å². The highest BCUT2D eigenvalue weighted by atomic mass is 16.5. The second-order valence-corrected chi connectivity index (χ2v) is 10.3. The molecule has 216 valence electrons. The normalized spacial score (nSPS) is 18.9. The lowest BCUT2D eigenvalue weighted by Crippen LogP contribution is -2.25. The molecule has 0 N–H and O–H groups in total. The van der Waals surface area contributed by atoms with Crippen LogP contribution in [0.15, 0.2) is 72.8 Å². The van der Waals surface area contributed by atoms with E-state index < -0.39 is 0 Å². The van der Waals surface area contributed by atoms with Gasteiger partial charge in [-0.15, -0.1) is 0 Å². The molecule has 0 saturated heterocycles. The number of carbonyl (C=O) groups is 2. The molecule has 0 amide bonds. The smallest absolute Gasteiger partial charge is 0.314 e. The fourth-order valence-electron chi connectivity index (χ4n) is 5.49. The van der Waals surface area contributed by atoms with E-state index in [0.717, 1.165) is 18.1 Å². The monoisotopic (exact) mass is 544 g/mol. The van der Waals surface area contributed by atoms with Gasteiger partial charge in [0.15, 0.2) is 0 Å². The van der Waals surface area contributed by atoms with Crippen LogP contribution in [-0.2, 0) is 9.59 Å². The zero-order valence-electron chi connectivity index (χ0n) is 25.7. The molecule has 4 heteroatoms. The van der Waals surface area contributed by atoms with Gasteiger partial charge < -0.3 is 14.3 Å². The third kappa shape index (κ3) is 9.08. The van der Waals surface area contributed by atoms with Crippen molar-refractivity contribution in [3.05, 3.63) is 83.9 Å². The number of rotatable bonds is 6. The molecule has 0 aliphatic heterocycles. The highest BCUT2D eigenvalue weighted by molar-refractivity contribution is 5.76. The lowest BCUT2D eigenvalue weighted by atomic mass is 9.89. The molecular weight excluding hydrogens is 496 g/mol. The molecule has 0 heterocycles. The Morgan fingerprint density at radius 3 is 1.57 bits per heavy atom. The van der Waals surface area contributed by atoms with Crippen LogP contribution in [0.4, 0.5) is 0 Å². The second-order valence-electron chi connectivity index (χ2n) is 10.3. The number of methoxy groups -OCH3 is 1. The highest BCUT2D eigenvalue weighted by Crippen LogP contribution is 2.48. The van der Waals surface area contributed by atoms with Gasteiger partial charge in [0.1, 0.15) is 17.3 Å². The summed E-state index contributed by atoms with van der Waals surface area (Å²) in [6, 6.07) is 24.8. The highest BCUT2D eigenvalue weighted by Gasteiger charge is 2.44. The van der Waals surface area contributed by atoms with Crippen LogP contribution < -0.4 is 9.47 Å². The number of carbonyl (C=O) groups excluding carboxylic acids is 2. The summed E-state index contributed by atoms with van der Waals surface area (Å²) in [5, 5.41) is 0. The molecule has 4 atom stereocenters. The number of hydrogen-bond donors (Lipinski definition) is 0. The van der Waals surface area contributed by atoms with Crippen molar-refractivity contribution in [2.75, 3.05) is 7.11 Å². The summed E-state index contributed by atoms with van der Waals surface area (Å²) in [7, 11) is 1.68. The Bertz CT molecular complexity index is 1160. The third-order valence-electron chi connectivity index (χ3n) is 7.47. The molecular formula is C36H48O4. The molecule has 40 heavy (non-hydrogen) atoms. The van der Waals surface area contributed by atoms with E-state index in [-0.39, 0.29) is 23.6 Å². The quantitative estimate of drug-likeness (QED) is 0.229. The molecule has 3 aromatic carbocycles. The molecule has 4 unspecified atom stereocenters. The second kappa shape index (κ2) is 16.6. The van der Waals surface area contributed by atoms with E-state index in [0.29, 0.717) is 11.7 Å². The first-order chi connectivity index (χ1) is 19.3. The number of hydrogen-bond acceptors (Lipinski definition) is 4. The minimum absolute atomic E-state index is 0.0351. The van der Waals surface area contributed by atoms with E-state index in [1.165, 1.54) is 55.4 Å². The molecule has 2 fully saturated rings. The van der Waals surface area contributed by atoms with Crippen LogP contribution >= 0.6 is 0 Å². The molecule has 0 spiro atoms. The van der Waals surface area contributed by atoms with E-state index in [1.54, 1.807) is 7.11 Å². The predicted molar refractivity (Wildman–Crippen MR) is 166 cm³/mol. The maximum absolute atomic E-state index is 12.6. The molecule has 0 radical (unpaired) electrons. The van der Waals surface area contributed by atoms with Gasteiger partial charge in [0.05, 0.1) is 13.0 Å². The lowest BCUT2D eigenvalue weighted by Gasteiger charge is -2.20. The van der Waals surface area contributed by atoms with Gasteiger partial charge in [-0.1, -0.05) is 89.6 Å². The van der Waals surface area contributed by atoms with E-state index >= 15 is 0 Å². The van der Waals surface area contributed by atoms with Gasteiger partial charge in [-0.3, -0.25) is 4.79 Å². The van der Waals surface area contributed by atoms with E-state index in [2.05, 4.69) is 55.5 Å². The minimum Gasteiger partial charge on any atom is -0.497 e. The molecule has 3 aromatic rings. The summed E-state index contributed by atoms with van der Waals surface area (Å²) in [4.78, 5) is 22.0. The van der Waals surface area contributed by atoms with Crippen molar-refractivity contribution >= 4 is 11.8 Å². The largest absolute Gasteiger partial charge is 0.497 e. The van der Waals surface area contributed by atoms with Crippen LogP contribution in [0.5, 0.6) is 11.5 Å². The fourth-order valence-corrected chi connectivity index (χ4v) is 5.49. The van der Waals surface area contributed by atoms with Crippen LogP contribution in [0.3, 0.4) is 0 Å². The Balaban J connectivity index is 0.000000634. The van der Waals surface area contributed by atoms with Gasteiger partial charge in [0, 0.05) is 5.92 Å². The topological polar surface area (TPSA) is 52.6 Å². The molecule has 2 aliphatic rings. The summed E-state index contributed by atoms with van der Waals surface area (Å²) in [5.74, 6) is 3.32. The summed E-state index contributed by atoms with van der Waals surface area (Å²) in [6.45, 7) is 13.3. The molecule has 0 aromatic heterocycles. The summed E-state index contributed by atoms with van der Waals surface area (Å²) >= 11 is 0. The molecule has 5 rings (SSSR count). The van der Waals surface area contributed by atoms with Crippen molar-refractivity contribution in [1.29, 1.82) is 0 Å². The number of benzene rings is 3. The van der Waals surface area contributed by atoms with Crippen LogP contribution in [-0.4, -0.2) is 18.9 Å². The number of ether oxygens (including phenoxy) is 2. The van der Waals surface area contributed by atoms with E-state index in [9.17, 15) is 9.59 Å². The average molecular weight is 545 g/mol. The average Bonchev–Trinajstić information content (AvgIpc) is 3.64.